The lowest BCUT2D eigenvalue weighted by atomic mass is 10.1. The molecule has 0 radical (unpaired) electrons. The van der Waals surface area contributed by atoms with Gasteiger partial charge in [-0.05, 0) is 32.1 Å². The number of rotatable bonds is 4. The molecule has 2 saturated heterocycles. The minimum absolute atomic E-state index is 0.698. The fourth-order valence-electron chi connectivity index (χ4n) is 3.01. The summed E-state index contributed by atoms with van der Waals surface area (Å²) in [5, 5.41) is 3.66. The van der Waals surface area contributed by atoms with Gasteiger partial charge >= 0.3 is 0 Å². The average molecular weight is 226 g/mol. The molecule has 2 heterocycles. The van der Waals surface area contributed by atoms with E-state index in [0.29, 0.717) is 6.04 Å². The summed E-state index contributed by atoms with van der Waals surface area (Å²) in [7, 11) is 0. The molecule has 16 heavy (non-hydrogen) atoms. The highest BCUT2D eigenvalue weighted by Gasteiger charge is 2.25. The first-order valence-corrected chi connectivity index (χ1v) is 6.81. The lowest BCUT2D eigenvalue weighted by Crippen LogP contribution is -2.40. The van der Waals surface area contributed by atoms with Crippen LogP contribution in [0.2, 0.25) is 0 Å². The third-order valence-electron chi connectivity index (χ3n) is 3.97. The molecule has 0 spiro atoms. The summed E-state index contributed by atoms with van der Waals surface area (Å²) in [6, 6.07) is 1.48. The van der Waals surface area contributed by atoms with E-state index in [9.17, 15) is 0 Å². The van der Waals surface area contributed by atoms with E-state index in [-0.39, 0.29) is 0 Å². The zero-order valence-electron chi connectivity index (χ0n) is 10.7. The fraction of sp³-hybridized carbons (Fsp3) is 1.00. The van der Waals surface area contributed by atoms with E-state index in [1.54, 1.807) is 0 Å². The topological polar surface area (TPSA) is 24.5 Å². The van der Waals surface area contributed by atoms with Gasteiger partial charge in [-0.2, -0.15) is 0 Å². The first-order chi connectivity index (χ1) is 7.75. The summed E-state index contributed by atoms with van der Waals surface area (Å²) in [4.78, 5) is 2.62. The standard InChI is InChI=1S/C13H26N2O/c1-11-9-12(2)15(10-11)6-5-14-13-3-7-16-8-4-13/h11-14H,3-10H2,1-2H3. The van der Waals surface area contributed by atoms with Crippen molar-refractivity contribution in [2.45, 2.75) is 45.2 Å². The Morgan fingerprint density at radius 3 is 2.62 bits per heavy atom. The molecule has 0 bridgehead atoms. The Balaban J connectivity index is 1.60. The van der Waals surface area contributed by atoms with Crippen molar-refractivity contribution >= 4 is 0 Å². The van der Waals surface area contributed by atoms with Crippen molar-refractivity contribution < 1.29 is 4.74 Å². The maximum absolute atomic E-state index is 5.36. The van der Waals surface area contributed by atoms with Crippen LogP contribution in [0.3, 0.4) is 0 Å². The first-order valence-electron chi connectivity index (χ1n) is 6.81. The number of nitrogens with zero attached hydrogens (tertiary/aromatic N) is 1. The van der Waals surface area contributed by atoms with Gasteiger partial charge in [0.25, 0.3) is 0 Å². The summed E-state index contributed by atoms with van der Waals surface area (Å²) in [5.41, 5.74) is 0. The Morgan fingerprint density at radius 1 is 1.25 bits per heavy atom. The van der Waals surface area contributed by atoms with Crippen LogP contribution in [0.15, 0.2) is 0 Å². The van der Waals surface area contributed by atoms with Crippen LogP contribution in [-0.2, 0) is 4.74 Å². The molecule has 2 aliphatic heterocycles. The van der Waals surface area contributed by atoms with E-state index in [0.717, 1.165) is 31.7 Å². The lowest BCUT2D eigenvalue weighted by Gasteiger charge is -2.26. The number of hydrogen-bond acceptors (Lipinski definition) is 3. The molecule has 2 fully saturated rings. The quantitative estimate of drug-likeness (QED) is 0.786. The minimum atomic E-state index is 0.698. The molecule has 0 aromatic carbocycles. The maximum Gasteiger partial charge on any atom is 0.0480 e. The van der Waals surface area contributed by atoms with Crippen LogP contribution in [0.4, 0.5) is 0 Å². The van der Waals surface area contributed by atoms with E-state index >= 15 is 0 Å². The molecule has 1 N–H and O–H groups in total. The van der Waals surface area contributed by atoms with Crippen molar-refractivity contribution in [3.8, 4) is 0 Å². The average Bonchev–Trinajstić information content (AvgIpc) is 2.59. The molecule has 94 valence electrons. The molecule has 2 unspecified atom stereocenters. The van der Waals surface area contributed by atoms with Crippen LogP contribution in [0, 0.1) is 5.92 Å². The van der Waals surface area contributed by atoms with Gasteiger partial charge in [0.05, 0.1) is 0 Å². The molecule has 0 amide bonds. The van der Waals surface area contributed by atoms with Gasteiger partial charge in [0.1, 0.15) is 0 Å². The summed E-state index contributed by atoms with van der Waals surface area (Å²) in [6.07, 6.45) is 3.75. The van der Waals surface area contributed by atoms with Gasteiger partial charge in [-0.3, -0.25) is 4.90 Å². The highest BCUT2D eigenvalue weighted by Crippen LogP contribution is 2.21. The third-order valence-corrected chi connectivity index (χ3v) is 3.97. The zero-order valence-corrected chi connectivity index (χ0v) is 10.7. The molecular weight excluding hydrogens is 200 g/mol. The molecule has 0 saturated carbocycles. The fourth-order valence-corrected chi connectivity index (χ4v) is 3.01. The molecule has 2 atom stereocenters. The predicted octanol–water partition coefficient (Wildman–Crippen LogP) is 1.49. The van der Waals surface area contributed by atoms with Gasteiger partial charge in [0, 0.05) is 44.9 Å². The van der Waals surface area contributed by atoms with E-state index in [1.807, 2.05) is 0 Å². The SMILES string of the molecule is CC1CC(C)N(CCNC2CCOCC2)C1. The highest BCUT2D eigenvalue weighted by atomic mass is 16.5. The largest absolute Gasteiger partial charge is 0.381 e. The van der Waals surface area contributed by atoms with Crippen LogP contribution in [0.25, 0.3) is 0 Å². The second kappa shape index (κ2) is 5.99. The summed E-state index contributed by atoms with van der Waals surface area (Å²) in [6.45, 7) is 10.2. The Kier molecular flexibility index (Phi) is 4.62. The predicted molar refractivity (Wildman–Crippen MR) is 66.7 cm³/mol. The van der Waals surface area contributed by atoms with Crippen molar-refractivity contribution in [1.29, 1.82) is 0 Å². The van der Waals surface area contributed by atoms with Gasteiger partial charge in [-0.1, -0.05) is 6.92 Å². The zero-order chi connectivity index (χ0) is 11.4. The molecule has 2 aliphatic rings. The molecular formula is C13H26N2O. The van der Waals surface area contributed by atoms with Crippen molar-refractivity contribution in [3.05, 3.63) is 0 Å². The van der Waals surface area contributed by atoms with Gasteiger partial charge < -0.3 is 10.1 Å². The van der Waals surface area contributed by atoms with Crippen LogP contribution in [-0.4, -0.2) is 49.8 Å². The first kappa shape index (κ1) is 12.3. The Bertz CT molecular complexity index is 204. The second-order valence-corrected chi connectivity index (χ2v) is 5.53. The van der Waals surface area contributed by atoms with Crippen molar-refractivity contribution in [2.75, 3.05) is 32.8 Å². The Hall–Kier alpha value is -0.120. The summed E-state index contributed by atoms with van der Waals surface area (Å²) >= 11 is 0. The maximum atomic E-state index is 5.36. The summed E-state index contributed by atoms with van der Waals surface area (Å²) < 4.78 is 5.36. The van der Waals surface area contributed by atoms with E-state index < -0.39 is 0 Å². The van der Waals surface area contributed by atoms with Gasteiger partial charge in [0.15, 0.2) is 0 Å². The number of nitrogens with one attached hydrogen (secondary N) is 1. The normalized spacial score (nSPS) is 33.4. The smallest absolute Gasteiger partial charge is 0.0480 e. The highest BCUT2D eigenvalue weighted by molar-refractivity contribution is 4.81. The van der Waals surface area contributed by atoms with Crippen molar-refractivity contribution in [3.63, 3.8) is 0 Å². The van der Waals surface area contributed by atoms with Crippen LogP contribution in [0.1, 0.15) is 33.1 Å². The Labute approximate surface area is 99.5 Å². The van der Waals surface area contributed by atoms with E-state index in [4.69, 9.17) is 4.74 Å². The van der Waals surface area contributed by atoms with Crippen LogP contribution >= 0.6 is 0 Å². The van der Waals surface area contributed by atoms with Gasteiger partial charge in [-0.15, -0.1) is 0 Å². The van der Waals surface area contributed by atoms with Crippen molar-refractivity contribution in [1.82, 2.24) is 10.2 Å². The molecule has 3 nitrogen and oxygen atoms in total. The molecule has 3 heteroatoms. The third kappa shape index (κ3) is 3.44. The van der Waals surface area contributed by atoms with Crippen LogP contribution in [0.5, 0.6) is 0 Å². The van der Waals surface area contributed by atoms with Crippen molar-refractivity contribution in [2.24, 2.45) is 5.92 Å². The van der Waals surface area contributed by atoms with Gasteiger partial charge in [0.2, 0.25) is 0 Å². The number of ether oxygens (including phenoxy) is 1. The van der Waals surface area contributed by atoms with Gasteiger partial charge in [-0.25, -0.2) is 0 Å². The Morgan fingerprint density at radius 2 is 2.00 bits per heavy atom. The van der Waals surface area contributed by atoms with E-state index in [2.05, 4.69) is 24.1 Å². The minimum Gasteiger partial charge on any atom is -0.381 e. The molecule has 0 aromatic heterocycles. The number of likely N-dealkylation sites (tertiary alicyclic amines) is 1. The number of hydrogen-bond donors (Lipinski definition) is 1. The molecule has 0 aliphatic carbocycles. The second-order valence-electron chi connectivity index (χ2n) is 5.53. The lowest BCUT2D eigenvalue weighted by molar-refractivity contribution is 0.0771. The summed E-state index contributed by atoms with van der Waals surface area (Å²) in [5.74, 6) is 0.887. The van der Waals surface area contributed by atoms with E-state index in [1.165, 1.54) is 32.4 Å². The molecule has 2 rings (SSSR count). The molecule has 0 aromatic rings. The monoisotopic (exact) mass is 226 g/mol. The van der Waals surface area contributed by atoms with Crippen LogP contribution < -0.4 is 5.32 Å².